The van der Waals surface area contributed by atoms with E-state index in [1.807, 2.05) is 23.1 Å². The minimum Gasteiger partial charge on any atom is -0.378 e. The smallest absolute Gasteiger partial charge is 0.355 e. The third-order valence-corrected chi connectivity index (χ3v) is 8.88. The second kappa shape index (κ2) is 10.6. The van der Waals surface area contributed by atoms with E-state index < -0.39 is 0 Å². The summed E-state index contributed by atoms with van der Waals surface area (Å²) in [5.74, 6) is 0. The SMILES string of the molecule is c1ccc(C2=NC(=[N+]3CCOCC3)SC2Cc2sc(N3CCOCC3)nc2-c2ccccc2)cc1. The number of hydrogen-bond donors (Lipinski definition) is 0. The Morgan fingerprint density at radius 3 is 2.23 bits per heavy atom. The molecule has 0 aliphatic carbocycles. The Balaban J connectivity index is 1.36. The maximum atomic E-state index is 5.59. The molecule has 6 nitrogen and oxygen atoms in total. The number of rotatable bonds is 5. The van der Waals surface area contributed by atoms with E-state index in [1.54, 1.807) is 0 Å². The topological polar surface area (TPSA) is 50.0 Å². The molecule has 0 spiro atoms. The largest absolute Gasteiger partial charge is 0.378 e. The number of amidine groups is 1. The molecule has 2 saturated heterocycles. The molecule has 4 heterocycles. The van der Waals surface area contributed by atoms with Crippen molar-refractivity contribution >= 4 is 39.1 Å². The summed E-state index contributed by atoms with van der Waals surface area (Å²) >= 11 is 3.72. The number of ether oxygens (including phenoxy) is 2. The number of thiazole rings is 1. The van der Waals surface area contributed by atoms with Crippen molar-refractivity contribution in [1.82, 2.24) is 4.98 Å². The van der Waals surface area contributed by atoms with E-state index in [9.17, 15) is 0 Å². The van der Waals surface area contributed by atoms with Gasteiger partial charge in [-0.25, -0.2) is 9.56 Å². The van der Waals surface area contributed by atoms with Crippen LogP contribution < -0.4 is 4.90 Å². The third kappa shape index (κ3) is 5.07. The first-order valence-electron chi connectivity index (χ1n) is 12.2. The van der Waals surface area contributed by atoms with E-state index in [0.717, 1.165) is 80.7 Å². The Morgan fingerprint density at radius 1 is 0.857 bits per heavy atom. The first-order valence-corrected chi connectivity index (χ1v) is 13.9. The van der Waals surface area contributed by atoms with Crippen LogP contribution in [0.3, 0.4) is 0 Å². The summed E-state index contributed by atoms with van der Waals surface area (Å²) < 4.78 is 13.5. The Morgan fingerprint density at radius 2 is 1.51 bits per heavy atom. The second-order valence-corrected chi connectivity index (χ2v) is 11.0. The first kappa shape index (κ1) is 22.9. The van der Waals surface area contributed by atoms with Crippen LogP contribution in [-0.4, -0.2) is 78.3 Å². The lowest BCUT2D eigenvalue weighted by Crippen LogP contribution is -2.36. The number of thioether (sulfide) groups is 1. The summed E-state index contributed by atoms with van der Waals surface area (Å²) in [6, 6.07) is 21.2. The van der Waals surface area contributed by atoms with E-state index in [-0.39, 0.29) is 5.25 Å². The summed E-state index contributed by atoms with van der Waals surface area (Å²) in [6.45, 7) is 6.64. The molecular formula is C27H29N4O2S2+. The minimum atomic E-state index is 0.246. The maximum Gasteiger partial charge on any atom is 0.355 e. The Kier molecular flexibility index (Phi) is 6.95. The monoisotopic (exact) mass is 505 g/mol. The lowest BCUT2D eigenvalue weighted by molar-refractivity contribution is -0.547. The van der Waals surface area contributed by atoms with Gasteiger partial charge in [0, 0.05) is 35.5 Å². The fraction of sp³-hybridized carbons (Fsp3) is 0.370. The number of morpholine rings is 2. The van der Waals surface area contributed by atoms with Crippen LogP contribution in [0.4, 0.5) is 5.13 Å². The van der Waals surface area contributed by atoms with Crippen LogP contribution in [0.5, 0.6) is 0 Å². The molecule has 1 atom stereocenters. The average Bonchev–Trinajstić information content (AvgIpc) is 3.56. The van der Waals surface area contributed by atoms with Gasteiger partial charge >= 0.3 is 5.17 Å². The van der Waals surface area contributed by atoms with Crippen LogP contribution >= 0.6 is 23.1 Å². The van der Waals surface area contributed by atoms with Crippen LogP contribution in [0.1, 0.15) is 10.4 Å². The quantitative estimate of drug-likeness (QED) is 0.487. The predicted molar refractivity (Wildman–Crippen MR) is 144 cm³/mol. The highest BCUT2D eigenvalue weighted by Crippen LogP contribution is 2.38. The maximum absolute atomic E-state index is 5.59. The molecule has 8 heteroatoms. The van der Waals surface area contributed by atoms with Gasteiger partial charge in [0.1, 0.15) is 13.1 Å². The molecule has 0 bridgehead atoms. The number of nitrogens with zero attached hydrogens (tertiary/aromatic N) is 4. The molecule has 0 N–H and O–H groups in total. The van der Waals surface area contributed by atoms with Crippen molar-refractivity contribution in [2.45, 2.75) is 11.7 Å². The zero-order chi connectivity index (χ0) is 23.5. The van der Waals surface area contributed by atoms with Gasteiger partial charge in [-0.15, -0.1) is 11.3 Å². The highest BCUT2D eigenvalue weighted by molar-refractivity contribution is 8.15. The van der Waals surface area contributed by atoms with Gasteiger partial charge in [0.2, 0.25) is 0 Å². The molecule has 0 saturated carbocycles. The summed E-state index contributed by atoms with van der Waals surface area (Å²) in [5, 5.41) is 2.47. The second-order valence-electron chi connectivity index (χ2n) is 8.79. The highest BCUT2D eigenvalue weighted by Gasteiger charge is 2.38. The summed E-state index contributed by atoms with van der Waals surface area (Å²) in [4.78, 5) is 14.0. The standard InChI is InChI=1S/C27H29N4O2S2/c1-3-7-20(8-4-1)24-22(34-26(28-24)30-11-15-32-16-12-30)19-23-25(21-9-5-2-6-10-21)29-27(35-23)31-13-17-33-18-14-31/h1-10,22H,11-19H2/q+1. The molecule has 2 fully saturated rings. The number of hydrogen-bond acceptors (Lipinski definition) is 6. The van der Waals surface area contributed by atoms with Crippen LogP contribution in [0, 0.1) is 0 Å². The number of aliphatic imine (C=N–C) groups is 1. The van der Waals surface area contributed by atoms with Crippen molar-refractivity contribution in [2.75, 3.05) is 57.5 Å². The fourth-order valence-corrected chi connectivity index (χ4v) is 7.21. The van der Waals surface area contributed by atoms with Gasteiger partial charge in [0.15, 0.2) is 10.8 Å². The number of aromatic nitrogens is 1. The van der Waals surface area contributed by atoms with Crippen molar-refractivity contribution in [2.24, 2.45) is 4.99 Å². The van der Waals surface area contributed by atoms with Crippen molar-refractivity contribution < 1.29 is 14.0 Å². The van der Waals surface area contributed by atoms with Crippen molar-refractivity contribution in [3.8, 4) is 11.3 Å². The van der Waals surface area contributed by atoms with Gasteiger partial charge in [0.25, 0.3) is 0 Å². The molecule has 1 aromatic heterocycles. The van der Waals surface area contributed by atoms with E-state index in [1.165, 1.54) is 16.0 Å². The Hall–Kier alpha value is -2.52. The molecule has 0 radical (unpaired) electrons. The zero-order valence-corrected chi connectivity index (χ0v) is 21.3. The highest BCUT2D eigenvalue weighted by atomic mass is 32.2. The molecule has 35 heavy (non-hydrogen) atoms. The van der Waals surface area contributed by atoms with E-state index in [4.69, 9.17) is 19.5 Å². The normalized spacial score (nSPS) is 20.9. The van der Waals surface area contributed by atoms with Crippen LogP contribution in [-0.2, 0) is 15.9 Å². The molecule has 3 aliphatic heterocycles. The lowest BCUT2D eigenvalue weighted by Gasteiger charge is -2.26. The van der Waals surface area contributed by atoms with E-state index in [0.29, 0.717) is 0 Å². The average molecular weight is 506 g/mol. The molecule has 6 rings (SSSR count). The molecule has 0 amide bonds. The van der Waals surface area contributed by atoms with Gasteiger partial charge in [-0.2, -0.15) is 0 Å². The molecule has 180 valence electrons. The van der Waals surface area contributed by atoms with Crippen LogP contribution in [0.15, 0.2) is 65.7 Å². The molecule has 3 aromatic rings. The summed E-state index contributed by atoms with van der Waals surface area (Å²) in [7, 11) is 0. The number of anilines is 1. The number of benzene rings is 2. The van der Waals surface area contributed by atoms with Crippen molar-refractivity contribution in [1.29, 1.82) is 0 Å². The van der Waals surface area contributed by atoms with Crippen molar-refractivity contribution in [3.05, 3.63) is 71.1 Å². The lowest BCUT2D eigenvalue weighted by atomic mass is 10.0. The van der Waals surface area contributed by atoms with Crippen molar-refractivity contribution in [3.63, 3.8) is 0 Å². The summed E-state index contributed by atoms with van der Waals surface area (Å²) in [5.41, 5.74) is 4.65. The van der Waals surface area contributed by atoms with E-state index >= 15 is 0 Å². The minimum absolute atomic E-state index is 0.246. The Labute approximate surface area is 214 Å². The first-order chi connectivity index (χ1) is 17.3. The van der Waals surface area contributed by atoms with Gasteiger partial charge in [-0.05, 0) is 16.8 Å². The molecule has 1 unspecified atom stereocenters. The van der Waals surface area contributed by atoms with Gasteiger partial charge < -0.3 is 14.4 Å². The van der Waals surface area contributed by atoms with Crippen LogP contribution in [0.25, 0.3) is 11.3 Å². The molecule has 3 aliphatic rings. The van der Waals surface area contributed by atoms with E-state index in [2.05, 4.69) is 70.1 Å². The summed E-state index contributed by atoms with van der Waals surface area (Å²) in [6.07, 6.45) is 0.901. The predicted octanol–water partition coefficient (Wildman–Crippen LogP) is 4.19. The third-order valence-electron chi connectivity index (χ3n) is 6.51. The van der Waals surface area contributed by atoms with Crippen LogP contribution in [0.2, 0.25) is 0 Å². The zero-order valence-electron chi connectivity index (χ0n) is 19.6. The van der Waals surface area contributed by atoms with Gasteiger partial charge in [-0.3, -0.25) is 0 Å². The van der Waals surface area contributed by atoms with Gasteiger partial charge in [0.05, 0.1) is 37.4 Å². The molecule has 2 aromatic carbocycles. The Bertz CT molecular complexity index is 1210. The molecular weight excluding hydrogens is 476 g/mol. The fourth-order valence-electron chi connectivity index (χ4n) is 4.64. The van der Waals surface area contributed by atoms with Gasteiger partial charge in [-0.1, -0.05) is 60.7 Å².